The number of aromatic hydroxyl groups is 1. The number of benzene rings is 1. The summed E-state index contributed by atoms with van der Waals surface area (Å²) in [4.78, 5) is 4.30. The average molecular weight is 303 g/mol. The molecule has 3 N–H and O–H groups in total. The first-order valence-corrected chi connectivity index (χ1v) is 8.15. The molecule has 0 amide bonds. The molecule has 1 aromatic rings. The smallest absolute Gasteiger partial charge is 0.191 e. The molecule has 3 atom stereocenters. The zero-order valence-corrected chi connectivity index (χ0v) is 13.1. The summed E-state index contributed by atoms with van der Waals surface area (Å²) >= 11 is 0. The lowest BCUT2D eigenvalue weighted by Gasteiger charge is -2.22. The summed E-state index contributed by atoms with van der Waals surface area (Å²) in [5.41, 5.74) is 1.24. The Kier molecular flexibility index (Phi) is 4.83. The Hall–Kier alpha value is -1.75. The van der Waals surface area contributed by atoms with Crippen LogP contribution in [-0.4, -0.2) is 42.9 Å². The monoisotopic (exact) mass is 303 g/mol. The third kappa shape index (κ3) is 3.71. The van der Waals surface area contributed by atoms with Gasteiger partial charge in [0, 0.05) is 13.6 Å². The zero-order valence-electron chi connectivity index (χ0n) is 13.1. The van der Waals surface area contributed by atoms with Crippen molar-refractivity contribution in [2.45, 2.75) is 50.4 Å². The molecule has 5 heteroatoms. The number of rotatable bonds is 5. The molecule has 120 valence electrons. The molecule has 22 heavy (non-hydrogen) atoms. The molecule has 2 aliphatic heterocycles. The maximum Gasteiger partial charge on any atom is 0.191 e. The van der Waals surface area contributed by atoms with Crippen molar-refractivity contribution in [1.82, 2.24) is 10.6 Å². The second-order valence-electron chi connectivity index (χ2n) is 6.13. The number of fused-ring (bicyclic) bond motifs is 2. The molecule has 3 unspecified atom stereocenters. The van der Waals surface area contributed by atoms with Crippen LogP contribution in [0.15, 0.2) is 29.3 Å². The number of guanidine groups is 1. The Morgan fingerprint density at radius 2 is 2.14 bits per heavy atom. The first-order valence-electron chi connectivity index (χ1n) is 8.15. The van der Waals surface area contributed by atoms with E-state index < -0.39 is 0 Å². The quantitative estimate of drug-likeness (QED) is 0.441. The highest BCUT2D eigenvalue weighted by Gasteiger charge is 2.40. The zero-order chi connectivity index (χ0) is 15.4. The Balaban J connectivity index is 1.37. The van der Waals surface area contributed by atoms with Gasteiger partial charge in [-0.15, -0.1) is 0 Å². The van der Waals surface area contributed by atoms with E-state index in [0.29, 0.717) is 24.0 Å². The van der Waals surface area contributed by atoms with Crippen molar-refractivity contribution >= 4 is 5.96 Å². The van der Waals surface area contributed by atoms with Crippen LogP contribution in [0, 0.1) is 0 Å². The number of aryl methyl sites for hydroxylation is 1. The average Bonchev–Trinajstić information content (AvgIpc) is 3.14. The molecular formula is C17H25N3O2. The van der Waals surface area contributed by atoms with Crippen LogP contribution in [0.1, 0.15) is 31.2 Å². The van der Waals surface area contributed by atoms with Crippen molar-refractivity contribution < 1.29 is 9.84 Å². The minimum atomic E-state index is 0.319. The van der Waals surface area contributed by atoms with E-state index in [1.807, 2.05) is 19.2 Å². The number of nitrogens with zero attached hydrogens (tertiary/aromatic N) is 1. The Morgan fingerprint density at radius 3 is 2.77 bits per heavy atom. The van der Waals surface area contributed by atoms with Gasteiger partial charge in [0.05, 0.1) is 18.2 Å². The lowest BCUT2D eigenvalue weighted by Crippen LogP contribution is -2.47. The lowest BCUT2D eigenvalue weighted by atomic mass is 9.96. The van der Waals surface area contributed by atoms with E-state index in [9.17, 15) is 5.11 Å². The van der Waals surface area contributed by atoms with Crippen LogP contribution in [0.25, 0.3) is 0 Å². The predicted molar refractivity (Wildman–Crippen MR) is 87.2 cm³/mol. The molecule has 2 fully saturated rings. The van der Waals surface area contributed by atoms with E-state index in [-0.39, 0.29) is 0 Å². The summed E-state index contributed by atoms with van der Waals surface area (Å²) in [5.74, 6) is 1.19. The molecule has 2 heterocycles. The van der Waals surface area contributed by atoms with Crippen molar-refractivity contribution in [1.29, 1.82) is 0 Å². The third-order valence-electron chi connectivity index (χ3n) is 4.52. The molecule has 5 nitrogen and oxygen atoms in total. The van der Waals surface area contributed by atoms with Crippen LogP contribution in [-0.2, 0) is 11.2 Å². The molecule has 3 rings (SSSR count). The van der Waals surface area contributed by atoms with Gasteiger partial charge in [0.1, 0.15) is 5.75 Å². The van der Waals surface area contributed by atoms with Gasteiger partial charge in [-0.2, -0.15) is 0 Å². The normalized spacial score (nSPS) is 27.1. The molecule has 2 saturated heterocycles. The minimum Gasteiger partial charge on any atom is -0.508 e. The number of ether oxygens (including phenoxy) is 1. The minimum absolute atomic E-state index is 0.319. The molecular weight excluding hydrogens is 278 g/mol. The van der Waals surface area contributed by atoms with E-state index in [4.69, 9.17) is 4.74 Å². The first kappa shape index (κ1) is 15.2. The van der Waals surface area contributed by atoms with Crippen LogP contribution in [0.2, 0.25) is 0 Å². The topological polar surface area (TPSA) is 65.9 Å². The fraction of sp³-hybridized carbons (Fsp3) is 0.588. The maximum absolute atomic E-state index is 9.27. The number of nitrogens with one attached hydrogen (secondary N) is 2. The Bertz CT molecular complexity index is 515. The van der Waals surface area contributed by atoms with Gasteiger partial charge in [0.15, 0.2) is 5.96 Å². The molecule has 0 radical (unpaired) electrons. The van der Waals surface area contributed by atoms with E-state index in [0.717, 1.165) is 31.8 Å². The van der Waals surface area contributed by atoms with Gasteiger partial charge >= 0.3 is 0 Å². The third-order valence-corrected chi connectivity index (χ3v) is 4.52. The number of phenols is 1. The van der Waals surface area contributed by atoms with Crippen molar-refractivity contribution in [3.05, 3.63) is 29.8 Å². The van der Waals surface area contributed by atoms with Crippen molar-refractivity contribution in [3.8, 4) is 5.75 Å². The summed E-state index contributed by atoms with van der Waals surface area (Å²) in [6, 6.07) is 7.81. The summed E-state index contributed by atoms with van der Waals surface area (Å²) in [7, 11) is 1.81. The summed E-state index contributed by atoms with van der Waals surface area (Å²) in [6.07, 6.45) is 6.30. The number of hydrogen-bond acceptors (Lipinski definition) is 3. The van der Waals surface area contributed by atoms with Crippen molar-refractivity contribution in [2.75, 3.05) is 13.6 Å². The summed E-state index contributed by atoms with van der Waals surface area (Å²) < 4.78 is 5.86. The summed E-state index contributed by atoms with van der Waals surface area (Å²) in [6.45, 7) is 0.877. The fourth-order valence-corrected chi connectivity index (χ4v) is 3.32. The number of phenolic OH excluding ortho intramolecular Hbond substituents is 1. The second kappa shape index (κ2) is 7.01. The van der Waals surface area contributed by atoms with E-state index in [2.05, 4.69) is 15.6 Å². The Labute approximate surface area is 131 Å². The van der Waals surface area contributed by atoms with Crippen LogP contribution in [0.4, 0.5) is 0 Å². The Morgan fingerprint density at radius 1 is 1.32 bits per heavy atom. The van der Waals surface area contributed by atoms with Crippen LogP contribution in [0.5, 0.6) is 5.75 Å². The predicted octanol–water partition coefficient (Wildman–Crippen LogP) is 1.81. The van der Waals surface area contributed by atoms with E-state index in [1.54, 1.807) is 12.1 Å². The molecule has 2 bridgehead atoms. The number of hydrogen-bond donors (Lipinski definition) is 3. The molecule has 1 aromatic carbocycles. The van der Waals surface area contributed by atoms with Gasteiger partial charge in [-0.05, 0) is 49.8 Å². The first-order chi connectivity index (χ1) is 10.7. The van der Waals surface area contributed by atoms with Crippen LogP contribution >= 0.6 is 0 Å². The largest absolute Gasteiger partial charge is 0.508 e. The molecule has 0 saturated carbocycles. The van der Waals surface area contributed by atoms with Crippen molar-refractivity contribution in [3.63, 3.8) is 0 Å². The second-order valence-corrected chi connectivity index (χ2v) is 6.13. The van der Waals surface area contributed by atoms with Gasteiger partial charge in [0.2, 0.25) is 0 Å². The van der Waals surface area contributed by atoms with Gasteiger partial charge < -0.3 is 20.5 Å². The molecule has 0 aliphatic carbocycles. The maximum atomic E-state index is 9.27. The highest BCUT2D eigenvalue weighted by Crippen LogP contribution is 2.34. The lowest BCUT2D eigenvalue weighted by molar-refractivity contribution is 0.0992. The highest BCUT2D eigenvalue weighted by atomic mass is 16.5. The van der Waals surface area contributed by atoms with E-state index in [1.165, 1.54) is 18.4 Å². The van der Waals surface area contributed by atoms with E-state index >= 15 is 0 Å². The van der Waals surface area contributed by atoms with Gasteiger partial charge in [0.25, 0.3) is 0 Å². The number of aliphatic imine (C=N–C) groups is 1. The van der Waals surface area contributed by atoms with Gasteiger partial charge in [-0.1, -0.05) is 12.1 Å². The fourth-order valence-electron chi connectivity index (χ4n) is 3.32. The van der Waals surface area contributed by atoms with Crippen LogP contribution < -0.4 is 10.6 Å². The molecule has 0 aromatic heterocycles. The molecule has 2 aliphatic rings. The highest BCUT2D eigenvalue weighted by molar-refractivity contribution is 5.80. The SMILES string of the molecule is CN=C(NCCCc1ccc(O)cc1)NC1CC2CCC1O2. The van der Waals surface area contributed by atoms with Gasteiger partial charge in [-0.3, -0.25) is 4.99 Å². The standard InChI is InChI=1S/C17H25N3O2/c1-18-17(20-15-11-14-8-9-16(15)22-14)19-10-2-3-12-4-6-13(21)7-5-12/h4-7,14-16,21H,2-3,8-11H2,1H3,(H2,18,19,20). The molecule has 0 spiro atoms. The summed E-state index contributed by atoms with van der Waals surface area (Å²) in [5, 5.41) is 16.1. The van der Waals surface area contributed by atoms with Gasteiger partial charge in [-0.25, -0.2) is 0 Å². The van der Waals surface area contributed by atoms with Crippen molar-refractivity contribution in [2.24, 2.45) is 4.99 Å². The van der Waals surface area contributed by atoms with Crippen LogP contribution in [0.3, 0.4) is 0 Å².